The van der Waals surface area contributed by atoms with Gasteiger partial charge in [0.15, 0.2) is 0 Å². The lowest BCUT2D eigenvalue weighted by molar-refractivity contribution is 1.18. The van der Waals surface area contributed by atoms with Gasteiger partial charge in [-0.3, -0.25) is 0 Å². The first-order valence-electron chi connectivity index (χ1n) is 10.7. The third-order valence-electron chi connectivity index (χ3n) is 6.09. The van der Waals surface area contributed by atoms with Crippen LogP contribution in [-0.4, -0.2) is 4.57 Å². The minimum Gasteiger partial charge on any atom is -0.309 e. The predicted octanol–water partition coefficient (Wildman–Crippen LogP) is 8.88. The van der Waals surface area contributed by atoms with Gasteiger partial charge in [-0.25, -0.2) is 0 Å². The second-order valence-electron chi connectivity index (χ2n) is 7.98. The van der Waals surface area contributed by atoms with Crippen molar-refractivity contribution in [1.82, 2.24) is 4.57 Å². The number of para-hydroxylation sites is 2. The van der Waals surface area contributed by atoms with Gasteiger partial charge in [0.2, 0.25) is 0 Å². The Kier molecular flexibility index (Phi) is 4.66. The van der Waals surface area contributed by atoms with E-state index in [1.165, 1.54) is 49.7 Å². The molecule has 0 fully saturated rings. The van der Waals surface area contributed by atoms with Crippen LogP contribution in [0.5, 0.6) is 0 Å². The Morgan fingerprint density at radius 3 is 1.66 bits per heavy atom. The monoisotopic (exact) mass is 473 g/mol. The summed E-state index contributed by atoms with van der Waals surface area (Å²) in [4.78, 5) is 0. The van der Waals surface area contributed by atoms with E-state index in [9.17, 15) is 0 Å². The number of fused-ring (bicyclic) bond motifs is 3. The van der Waals surface area contributed by atoms with Crippen molar-refractivity contribution < 1.29 is 0 Å². The highest BCUT2D eigenvalue weighted by Crippen LogP contribution is 2.35. The summed E-state index contributed by atoms with van der Waals surface area (Å²) >= 11 is 3.80. The van der Waals surface area contributed by atoms with Crippen LogP contribution in [-0.2, 0) is 0 Å². The molecular formula is C30H20BrN. The molecule has 0 unspecified atom stereocenters. The molecule has 5 aromatic carbocycles. The summed E-state index contributed by atoms with van der Waals surface area (Å²) in [5.41, 5.74) is 8.46. The molecule has 2 heteroatoms. The van der Waals surface area contributed by atoms with Gasteiger partial charge in [-0.1, -0.05) is 107 Å². The van der Waals surface area contributed by atoms with Crippen LogP contribution in [0.25, 0.3) is 49.7 Å². The first-order valence-corrected chi connectivity index (χ1v) is 11.5. The van der Waals surface area contributed by atoms with Gasteiger partial charge >= 0.3 is 0 Å². The molecule has 0 amide bonds. The Labute approximate surface area is 195 Å². The Morgan fingerprint density at radius 1 is 0.469 bits per heavy atom. The minimum atomic E-state index is 1.10. The quantitative estimate of drug-likeness (QED) is 0.241. The Balaban J connectivity index is 1.42. The molecule has 0 N–H and O–H groups in total. The fourth-order valence-electron chi connectivity index (χ4n) is 4.55. The van der Waals surface area contributed by atoms with Crippen molar-refractivity contribution in [2.24, 2.45) is 0 Å². The van der Waals surface area contributed by atoms with Crippen LogP contribution in [0.15, 0.2) is 126 Å². The largest absolute Gasteiger partial charge is 0.309 e. The standard InChI is InChI=1S/C30H20BrN/c31-28-20-23(21-8-2-1-3-9-21)16-19-25(28)22-14-17-24(18-15-22)32-29-12-6-4-10-26(29)27-11-5-7-13-30(27)32/h1-20H. The molecule has 0 spiro atoms. The van der Waals surface area contributed by atoms with Gasteiger partial charge < -0.3 is 4.57 Å². The zero-order valence-electron chi connectivity index (χ0n) is 17.4. The van der Waals surface area contributed by atoms with E-state index in [2.05, 4.69) is 136 Å². The Hall–Kier alpha value is -3.62. The van der Waals surface area contributed by atoms with Gasteiger partial charge in [0.25, 0.3) is 0 Å². The number of rotatable bonds is 3. The lowest BCUT2D eigenvalue weighted by Gasteiger charge is -2.11. The Bertz CT molecular complexity index is 1510. The smallest absolute Gasteiger partial charge is 0.0541 e. The van der Waals surface area contributed by atoms with Crippen molar-refractivity contribution >= 4 is 37.7 Å². The second-order valence-corrected chi connectivity index (χ2v) is 8.83. The molecule has 152 valence electrons. The van der Waals surface area contributed by atoms with E-state index in [1.54, 1.807) is 0 Å². The zero-order chi connectivity index (χ0) is 21.5. The molecule has 6 rings (SSSR count). The molecule has 1 heterocycles. The molecule has 0 radical (unpaired) electrons. The lowest BCUT2D eigenvalue weighted by Crippen LogP contribution is -1.93. The van der Waals surface area contributed by atoms with E-state index in [4.69, 9.17) is 0 Å². The molecule has 0 bridgehead atoms. The van der Waals surface area contributed by atoms with E-state index < -0.39 is 0 Å². The number of benzene rings is 5. The van der Waals surface area contributed by atoms with Crippen LogP contribution in [0.1, 0.15) is 0 Å². The number of hydrogen-bond acceptors (Lipinski definition) is 0. The first kappa shape index (κ1) is 19.1. The van der Waals surface area contributed by atoms with Crippen LogP contribution < -0.4 is 0 Å². The molecular weight excluding hydrogens is 454 g/mol. The maximum absolute atomic E-state index is 3.80. The number of hydrogen-bond donors (Lipinski definition) is 0. The summed E-state index contributed by atoms with van der Waals surface area (Å²) in [7, 11) is 0. The minimum absolute atomic E-state index is 1.10. The highest BCUT2D eigenvalue weighted by atomic mass is 79.9. The Morgan fingerprint density at radius 2 is 1.03 bits per heavy atom. The molecule has 0 aliphatic heterocycles. The first-order chi connectivity index (χ1) is 15.8. The lowest BCUT2D eigenvalue weighted by atomic mass is 10.00. The van der Waals surface area contributed by atoms with Crippen molar-refractivity contribution in [3.8, 4) is 27.9 Å². The van der Waals surface area contributed by atoms with E-state index >= 15 is 0 Å². The molecule has 1 nitrogen and oxygen atoms in total. The van der Waals surface area contributed by atoms with E-state index in [0.717, 1.165) is 4.47 Å². The highest BCUT2D eigenvalue weighted by molar-refractivity contribution is 9.10. The van der Waals surface area contributed by atoms with Gasteiger partial charge in [0, 0.05) is 20.9 Å². The van der Waals surface area contributed by atoms with Gasteiger partial charge in [-0.05, 0) is 52.6 Å². The molecule has 0 aliphatic carbocycles. The summed E-state index contributed by atoms with van der Waals surface area (Å²) in [5.74, 6) is 0. The van der Waals surface area contributed by atoms with Crippen LogP contribution in [0.4, 0.5) is 0 Å². The topological polar surface area (TPSA) is 4.93 Å². The van der Waals surface area contributed by atoms with Gasteiger partial charge in [-0.2, -0.15) is 0 Å². The number of aromatic nitrogens is 1. The average Bonchev–Trinajstić information content (AvgIpc) is 3.19. The van der Waals surface area contributed by atoms with Crippen LogP contribution in [0.3, 0.4) is 0 Å². The third-order valence-corrected chi connectivity index (χ3v) is 6.75. The van der Waals surface area contributed by atoms with Crippen LogP contribution >= 0.6 is 15.9 Å². The number of nitrogens with zero attached hydrogens (tertiary/aromatic N) is 1. The van der Waals surface area contributed by atoms with Crippen LogP contribution in [0.2, 0.25) is 0 Å². The van der Waals surface area contributed by atoms with Gasteiger partial charge in [0.05, 0.1) is 11.0 Å². The van der Waals surface area contributed by atoms with E-state index in [0.29, 0.717) is 0 Å². The van der Waals surface area contributed by atoms with Crippen LogP contribution in [0, 0.1) is 0 Å². The molecule has 0 aliphatic rings. The summed E-state index contributed by atoms with van der Waals surface area (Å²) in [6, 6.07) is 43.1. The molecule has 0 saturated carbocycles. The predicted molar refractivity (Wildman–Crippen MR) is 139 cm³/mol. The van der Waals surface area contributed by atoms with Gasteiger partial charge in [0.1, 0.15) is 0 Å². The normalized spacial score (nSPS) is 11.3. The summed E-state index contributed by atoms with van der Waals surface area (Å²) < 4.78 is 3.45. The van der Waals surface area contributed by atoms with Crippen molar-refractivity contribution in [3.05, 3.63) is 126 Å². The molecule has 6 aromatic rings. The maximum Gasteiger partial charge on any atom is 0.0541 e. The molecule has 32 heavy (non-hydrogen) atoms. The van der Waals surface area contributed by atoms with Crippen molar-refractivity contribution in [3.63, 3.8) is 0 Å². The average molecular weight is 474 g/mol. The van der Waals surface area contributed by atoms with Crippen molar-refractivity contribution in [2.75, 3.05) is 0 Å². The fraction of sp³-hybridized carbons (Fsp3) is 0. The molecule has 1 aromatic heterocycles. The molecule has 0 atom stereocenters. The van der Waals surface area contributed by atoms with E-state index in [1.807, 2.05) is 6.07 Å². The second kappa shape index (κ2) is 7.81. The number of halogens is 1. The third kappa shape index (κ3) is 3.16. The SMILES string of the molecule is Brc1cc(-c2ccccc2)ccc1-c1ccc(-n2c3ccccc3c3ccccc32)cc1. The maximum atomic E-state index is 3.80. The van der Waals surface area contributed by atoms with Crippen molar-refractivity contribution in [1.29, 1.82) is 0 Å². The zero-order valence-corrected chi connectivity index (χ0v) is 19.0. The summed E-state index contributed by atoms with van der Waals surface area (Å²) in [6.45, 7) is 0. The van der Waals surface area contributed by atoms with Crippen molar-refractivity contribution in [2.45, 2.75) is 0 Å². The highest BCUT2D eigenvalue weighted by Gasteiger charge is 2.12. The summed E-state index contributed by atoms with van der Waals surface area (Å²) in [5, 5.41) is 2.57. The fourth-order valence-corrected chi connectivity index (χ4v) is 5.16. The molecule has 0 saturated heterocycles. The van der Waals surface area contributed by atoms with Gasteiger partial charge in [-0.15, -0.1) is 0 Å². The summed E-state index contributed by atoms with van der Waals surface area (Å²) in [6.07, 6.45) is 0. The van der Waals surface area contributed by atoms with E-state index in [-0.39, 0.29) is 0 Å².